The molecule has 1 N–H and O–H groups in total. The molecule has 1 aliphatic heterocycles. The average Bonchev–Trinajstić information content (AvgIpc) is 3.13. The van der Waals surface area contributed by atoms with Crippen molar-refractivity contribution < 1.29 is 0 Å². The van der Waals surface area contributed by atoms with E-state index in [1.807, 2.05) is 24.0 Å². The molecule has 1 aromatic carbocycles. The highest BCUT2D eigenvalue weighted by molar-refractivity contribution is 14.0. The lowest BCUT2D eigenvalue weighted by atomic mass is 10.2. The zero-order valence-electron chi connectivity index (χ0n) is 14.0. The van der Waals surface area contributed by atoms with Crippen molar-refractivity contribution in [3.63, 3.8) is 0 Å². The molecule has 0 amide bonds. The van der Waals surface area contributed by atoms with Gasteiger partial charge in [0, 0.05) is 57.9 Å². The van der Waals surface area contributed by atoms with Crippen LogP contribution in [0.15, 0.2) is 53.8 Å². The van der Waals surface area contributed by atoms with Gasteiger partial charge in [-0.1, -0.05) is 18.2 Å². The Hall–Kier alpha value is -1.77. The van der Waals surface area contributed by atoms with E-state index in [0.717, 1.165) is 45.2 Å². The number of halogens is 1. The maximum absolute atomic E-state index is 4.41. The SMILES string of the molecule is CN=C(NCCn1cccn1)N1CCN(c2ccccc2)CC1.I. The molecular formula is C17H25IN6. The molecule has 130 valence electrons. The molecular weight excluding hydrogens is 415 g/mol. The summed E-state index contributed by atoms with van der Waals surface area (Å²) in [6.45, 7) is 5.67. The predicted octanol–water partition coefficient (Wildman–Crippen LogP) is 1.90. The van der Waals surface area contributed by atoms with Gasteiger partial charge in [-0.05, 0) is 18.2 Å². The number of piperazine rings is 1. The molecule has 1 saturated heterocycles. The lowest BCUT2D eigenvalue weighted by Gasteiger charge is -2.37. The van der Waals surface area contributed by atoms with E-state index in [0.29, 0.717) is 0 Å². The number of rotatable bonds is 4. The fourth-order valence-corrected chi connectivity index (χ4v) is 2.86. The normalized spacial score (nSPS) is 15.1. The minimum atomic E-state index is 0. The van der Waals surface area contributed by atoms with Gasteiger partial charge in [0.05, 0.1) is 6.54 Å². The zero-order chi connectivity index (χ0) is 15.9. The van der Waals surface area contributed by atoms with Crippen LogP contribution in [0.1, 0.15) is 0 Å². The van der Waals surface area contributed by atoms with E-state index in [4.69, 9.17) is 0 Å². The molecule has 0 aliphatic carbocycles. The first-order valence-electron chi connectivity index (χ1n) is 8.10. The van der Waals surface area contributed by atoms with E-state index < -0.39 is 0 Å². The lowest BCUT2D eigenvalue weighted by Crippen LogP contribution is -2.52. The second kappa shape index (κ2) is 9.51. The summed E-state index contributed by atoms with van der Waals surface area (Å²) in [7, 11) is 1.85. The van der Waals surface area contributed by atoms with Gasteiger partial charge in [-0.2, -0.15) is 5.10 Å². The monoisotopic (exact) mass is 440 g/mol. The number of para-hydroxylation sites is 1. The summed E-state index contributed by atoms with van der Waals surface area (Å²) in [6.07, 6.45) is 3.78. The van der Waals surface area contributed by atoms with Gasteiger partial charge in [0.25, 0.3) is 0 Å². The summed E-state index contributed by atoms with van der Waals surface area (Å²) < 4.78 is 1.92. The van der Waals surface area contributed by atoms with Crippen molar-refractivity contribution >= 4 is 35.6 Å². The highest BCUT2D eigenvalue weighted by Gasteiger charge is 2.19. The first kappa shape index (κ1) is 18.6. The third-order valence-electron chi connectivity index (χ3n) is 4.10. The van der Waals surface area contributed by atoms with Gasteiger partial charge in [-0.3, -0.25) is 9.67 Å². The smallest absolute Gasteiger partial charge is 0.193 e. The number of aromatic nitrogens is 2. The number of aliphatic imine (C=N–C) groups is 1. The molecule has 0 radical (unpaired) electrons. The third kappa shape index (κ3) is 4.86. The van der Waals surface area contributed by atoms with Crippen LogP contribution in [-0.4, -0.2) is 60.4 Å². The molecule has 1 fully saturated rings. The first-order valence-corrected chi connectivity index (χ1v) is 8.10. The average molecular weight is 440 g/mol. The number of guanidine groups is 1. The van der Waals surface area contributed by atoms with E-state index in [-0.39, 0.29) is 24.0 Å². The number of nitrogens with zero attached hydrogens (tertiary/aromatic N) is 5. The van der Waals surface area contributed by atoms with Crippen molar-refractivity contribution in [1.29, 1.82) is 0 Å². The Labute approximate surface area is 160 Å². The highest BCUT2D eigenvalue weighted by atomic mass is 127. The molecule has 0 spiro atoms. The van der Waals surface area contributed by atoms with Crippen LogP contribution < -0.4 is 10.2 Å². The van der Waals surface area contributed by atoms with E-state index in [1.165, 1.54) is 5.69 Å². The van der Waals surface area contributed by atoms with Gasteiger partial charge >= 0.3 is 0 Å². The van der Waals surface area contributed by atoms with E-state index >= 15 is 0 Å². The number of benzene rings is 1. The third-order valence-corrected chi connectivity index (χ3v) is 4.10. The fourth-order valence-electron chi connectivity index (χ4n) is 2.86. The van der Waals surface area contributed by atoms with Gasteiger partial charge < -0.3 is 15.1 Å². The molecule has 0 atom stereocenters. The topological polar surface area (TPSA) is 48.7 Å². The lowest BCUT2D eigenvalue weighted by molar-refractivity contribution is 0.371. The molecule has 2 heterocycles. The minimum Gasteiger partial charge on any atom is -0.368 e. The van der Waals surface area contributed by atoms with E-state index in [2.05, 4.69) is 55.5 Å². The van der Waals surface area contributed by atoms with Gasteiger partial charge in [-0.25, -0.2) is 0 Å². The highest BCUT2D eigenvalue weighted by Crippen LogP contribution is 2.15. The second-order valence-corrected chi connectivity index (χ2v) is 5.55. The molecule has 0 bridgehead atoms. The summed E-state index contributed by atoms with van der Waals surface area (Å²) in [5.41, 5.74) is 1.30. The van der Waals surface area contributed by atoms with Crippen LogP contribution in [0.5, 0.6) is 0 Å². The summed E-state index contributed by atoms with van der Waals surface area (Å²) in [4.78, 5) is 9.16. The van der Waals surface area contributed by atoms with Gasteiger partial charge in [0.15, 0.2) is 5.96 Å². The van der Waals surface area contributed by atoms with Crippen LogP contribution in [0.3, 0.4) is 0 Å². The predicted molar refractivity (Wildman–Crippen MR) is 109 cm³/mol. The Bertz CT molecular complexity index is 605. The molecule has 7 heteroatoms. The van der Waals surface area contributed by atoms with Crippen molar-refractivity contribution in [2.45, 2.75) is 6.54 Å². The van der Waals surface area contributed by atoms with Gasteiger partial charge in [0.1, 0.15) is 0 Å². The summed E-state index contributed by atoms with van der Waals surface area (Å²) in [5, 5.41) is 7.64. The zero-order valence-corrected chi connectivity index (χ0v) is 16.3. The quantitative estimate of drug-likeness (QED) is 0.449. The summed E-state index contributed by atoms with van der Waals surface area (Å²) in [5.74, 6) is 0.977. The molecule has 24 heavy (non-hydrogen) atoms. The minimum absolute atomic E-state index is 0. The molecule has 1 aromatic heterocycles. The fraction of sp³-hybridized carbons (Fsp3) is 0.412. The summed E-state index contributed by atoms with van der Waals surface area (Å²) in [6, 6.07) is 12.5. The van der Waals surface area contributed by atoms with Crippen LogP contribution in [-0.2, 0) is 6.54 Å². The Morgan fingerprint density at radius 1 is 1.12 bits per heavy atom. The van der Waals surface area contributed by atoms with Crippen LogP contribution in [0.4, 0.5) is 5.69 Å². The van der Waals surface area contributed by atoms with E-state index in [9.17, 15) is 0 Å². The second-order valence-electron chi connectivity index (χ2n) is 5.55. The van der Waals surface area contributed by atoms with Crippen molar-refractivity contribution in [1.82, 2.24) is 20.0 Å². The molecule has 2 aromatic rings. The molecule has 1 aliphatic rings. The number of anilines is 1. The Kier molecular flexibility index (Phi) is 7.36. The molecule has 3 rings (SSSR count). The van der Waals surface area contributed by atoms with Crippen LogP contribution in [0.2, 0.25) is 0 Å². The van der Waals surface area contributed by atoms with Crippen LogP contribution >= 0.6 is 24.0 Å². The van der Waals surface area contributed by atoms with Crippen molar-refractivity contribution in [3.05, 3.63) is 48.8 Å². The van der Waals surface area contributed by atoms with Gasteiger partial charge in [-0.15, -0.1) is 24.0 Å². The number of hydrogen-bond acceptors (Lipinski definition) is 3. The standard InChI is InChI=1S/C17H24N6.HI/c1-18-17(19-9-11-23-10-5-8-20-23)22-14-12-21(13-15-22)16-6-3-2-4-7-16;/h2-8,10H,9,11-15H2,1H3,(H,18,19);1H. The first-order chi connectivity index (χ1) is 11.4. The van der Waals surface area contributed by atoms with Crippen molar-refractivity contribution in [3.8, 4) is 0 Å². The van der Waals surface area contributed by atoms with Crippen LogP contribution in [0, 0.1) is 0 Å². The number of hydrogen-bond donors (Lipinski definition) is 1. The maximum atomic E-state index is 4.41. The Morgan fingerprint density at radius 2 is 1.88 bits per heavy atom. The largest absolute Gasteiger partial charge is 0.368 e. The van der Waals surface area contributed by atoms with Crippen molar-refractivity contribution in [2.24, 2.45) is 4.99 Å². The molecule has 6 nitrogen and oxygen atoms in total. The van der Waals surface area contributed by atoms with Gasteiger partial charge in [0.2, 0.25) is 0 Å². The molecule has 0 saturated carbocycles. The Morgan fingerprint density at radius 3 is 2.50 bits per heavy atom. The number of nitrogens with one attached hydrogen (secondary N) is 1. The maximum Gasteiger partial charge on any atom is 0.193 e. The van der Waals surface area contributed by atoms with Crippen molar-refractivity contribution in [2.75, 3.05) is 44.7 Å². The molecule has 0 unspecified atom stereocenters. The van der Waals surface area contributed by atoms with Crippen LogP contribution in [0.25, 0.3) is 0 Å². The Balaban J connectivity index is 0.00000208. The summed E-state index contributed by atoms with van der Waals surface area (Å²) >= 11 is 0. The van der Waals surface area contributed by atoms with E-state index in [1.54, 1.807) is 6.20 Å².